The maximum atomic E-state index is 12.5. The van der Waals surface area contributed by atoms with Crippen molar-refractivity contribution in [1.82, 2.24) is 9.13 Å². The number of aryl methyl sites for hydroxylation is 1. The molecule has 0 aliphatic carbocycles. The number of aromatic nitrogens is 2. The molecule has 3 rings (SSSR count). The molecule has 0 aliphatic rings. The number of nitrogens with zero attached hydrogens (tertiary/aromatic N) is 3. The van der Waals surface area contributed by atoms with Crippen molar-refractivity contribution in [3.63, 3.8) is 0 Å². The van der Waals surface area contributed by atoms with Crippen molar-refractivity contribution in [1.29, 1.82) is 5.26 Å². The zero-order valence-corrected chi connectivity index (χ0v) is 14.2. The minimum absolute atomic E-state index is 0.0822. The number of benzene rings is 2. The zero-order chi connectivity index (χ0) is 17.3. The van der Waals surface area contributed by atoms with Crippen molar-refractivity contribution in [3.05, 3.63) is 80.8 Å². The molecule has 0 saturated heterocycles. The Labute approximate surface area is 144 Å². The van der Waals surface area contributed by atoms with E-state index in [0.29, 0.717) is 10.5 Å². The molecule has 0 unspecified atom stereocenters. The SMILES string of the molecule is Cc1ccc(-c2c(C#N)c(=O)n(C)c(=S)n2-c2ccccc2)cc1. The quantitative estimate of drug-likeness (QED) is 0.671. The van der Waals surface area contributed by atoms with Crippen LogP contribution in [0.1, 0.15) is 11.1 Å². The summed E-state index contributed by atoms with van der Waals surface area (Å²) in [4.78, 5) is 12.5. The molecule has 0 N–H and O–H groups in total. The molecule has 24 heavy (non-hydrogen) atoms. The van der Waals surface area contributed by atoms with E-state index in [-0.39, 0.29) is 11.1 Å². The molecule has 0 aliphatic heterocycles. The van der Waals surface area contributed by atoms with Gasteiger partial charge in [-0.2, -0.15) is 5.26 Å². The number of hydrogen-bond donors (Lipinski definition) is 0. The zero-order valence-electron chi connectivity index (χ0n) is 13.4. The van der Waals surface area contributed by atoms with Gasteiger partial charge in [0.25, 0.3) is 5.56 Å². The van der Waals surface area contributed by atoms with Gasteiger partial charge >= 0.3 is 0 Å². The van der Waals surface area contributed by atoms with E-state index in [4.69, 9.17) is 12.2 Å². The van der Waals surface area contributed by atoms with Crippen molar-refractivity contribution < 1.29 is 0 Å². The predicted molar refractivity (Wildman–Crippen MR) is 96.7 cm³/mol. The van der Waals surface area contributed by atoms with E-state index in [0.717, 1.165) is 16.8 Å². The molecule has 0 atom stereocenters. The Hall–Kier alpha value is -2.97. The highest BCUT2D eigenvalue weighted by Crippen LogP contribution is 2.25. The Morgan fingerprint density at radius 1 is 1.04 bits per heavy atom. The highest BCUT2D eigenvalue weighted by Gasteiger charge is 2.18. The van der Waals surface area contributed by atoms with Crippen LogP contribution in [0.5, 0.6) is 0 Å². The van der Waals surface area contributed by atoms with E-state index in [1.54, 1.807) is 11.6 Å². The number of hydrogen-bond acceptors (Lipinski definition) is 3. The second-order valence-electron chi connectivity index (χ2n) is 5.52. The van der Waals surface area contributed by atoms with E-state index in [1.165, 1.54) is 4.57 Å². The van der Waals surface area contributed by atoms with Crippen LogP contribution in [0.4, 0.5) is 0 Å². The first-order valence-electron chi connectivity index (χ1n) is 7.43. The van der Waals surface area contributed by atoms with Crippen molar-refractivity contribution >= 4 is 12.2 Å². The van der Waals surface area contributed by atoms with Crippen LogP contribution < -0.4 is 5.56 Å². The first-order chi connectivity index (χ1) is 11.5. The number of rotatable bonds is 2. The summed E-state index contributed by atoms with van der Waals surface area (Å²) in [7, 11) is 1.59. The number of para-hydroxylation sites is 1. The van der Waals surface area contributed by atoms with E-state index in [1.807, 2.05) is 61.5 Å². The fourth-order valence-corrected chi connectivity index (χ4v) is 2.90. The molecule has 0 bridgehead atoms. The largest absolute Gasteiger partial charge is 0.287 e. The van der Waals surface area contributed by atoms with Crippen LogP contribution in [0.3, 0.4) is 0 Å². The minimum Gasteiger partial charge on any atom is -0.287 e. The summed E-state index contributed by atoms with van der Waals surface area (Å²) in [5.41, 5.74) is 2.92. The first-order valence-corrected chi connectivity index (χ1v) is 7.84. The van der Waals surface area contributed by atoms with Crippen molar-refractivity contribution in [3.8, 4) is 23.0 Å². The maximum absolute atomic E-state index is 12.5. The molecule has 3 aromatic rings. The first kappa shape index (κ1) is 15.9. The van der Waals surface area contributed by atoms with Crippen LogP contribution in [0.15, 0.2) is 59.4 Å². The summed E-state index contributed by atoms with van der Waals surface area (Å²) >= 11 is 5.50. The van der Waals surface area contributed by atoms with Gasteiger partial charge in [-0.05, 0) is 31.3 Å². The second-order valence-corrected chi connectivity index (χ2v) is 5.88. The third kappa shape index (κ3) is 2.57. The predicted octanol–water partition coefficient (Wildman–Crippen LogP) is 3.75. The molecule has 118 valence electrons. The normalized spacial score (nSPS) is 10.4. The Kier molecular flexibility index (Phi) is 4.15. The summed E-state index contributed by atoms with van der Waals surface area (Å²) in [6.45, 7) is 1.99. The average molecular weight is 333 g/mol. The summed E-state index contributed by atoms with van der Waals surface area (Å²) in [6, 6.07) is 19.3. The van der Waals surface area contributed by atoms with Gasteiger partial charge in [0.1, 0.15) is 11.6 Å². The Balaban J connectivity index is 2.51. The lowest BCUT2D eigenvalue weighted by Gasteiger charge is -2.17. The summed E-state index contributed by atoms with van der Waals surface area (Å²) in [5.74, 6) is 0. The minimum atomic E-state index is -0.384. The molecule has 0 radical (unpaired) electrons. The molecule has 0 saturated carbocycles. The van der Waals surface area contributed by atoms with E-state index < -0.39 is 0 Å². The highest BCUT2D eigenvalue weighted by molar-refractivity contribution is 7.71. The van der Waals surface area contributed by atoms with Crippen LogP contribution in [-0.2, 0) is 7.05 Å². The molecule has 0 spiro atoms. The van der Waals surface area contributed by atoms with Crippen LogP contribution in [0.2, 0.25) is 0 Å². The molecule has 1 aromatic heterocycles. The van der Waals surface area contributed by atoms with Gasteiger partial charge in [-0.1, -0.05) is 48.0 Å². The monoisotopic (exact) mass is 333 g/mol. The van der Waals surface area contributed by atoms with Gasteiger partial charge in [-0.15, -0.1) is 0 Å². The molecule has 0 amide bonds. The van der Waals surface area contributed by atoms with Crippen LogP contribution in [0.25, 0.3) is 16.9 Å². The lowest BCUT2D eigenvalue weighted by molar-refractivity contribution is 0.761. The van der Waals surface area contributed by atoms with Gasteiger partial charge in [0.05, 0.1) is 5.69 Å². The Morgan fingerprint density at radius 2 is 1.67 bits per heavy atom. The van der Waals surface area contributed by atoms with Crippen molar-refractivity contribution in [2.45, 2.75) is 6.92 Å². The van der Waals surface area contributed by atoms with Gasteiger partial charge in [0.2, 0.25) is 0 Å². The average Bonchev–Trinajstić information content (AvgIpc) is 2.61. The van der Waals surface area contributed by atoms with Gasteiger partial charge in [0, 0.05) is 18.3 Å². The topological polar surface area (TPSA) is 50.7 Å². The van der Waals surface area contributed by atoms with Crippen LogP contribution >= 0.6 is 12.2 Å². The molecular formula is C19H15N3OS. The lowest BCUT2D eigenvalue weighted by Crippen LogP contribution is -2.26. The third-order valence-corrected chi connectivity index (χ3v) is 4.36. The molecule has 2 aromatic carbocycles. The van der Waals surface area contributed by atoms with E-state index in [2.05, 4.69) is 6.07 Å². The van der Waals surface area contributed by atoms with Crippen LogP contribution in [0, 0.1) is 23.0 Å². The molecule has 4 nitrogen and oxygen atoms in total. The molecule has 5 heteroatoms. The molecule has 1 heterocycles. The summed E-state index contributed by atoms with van der Waals surface area (Å²) < 4.78 is 3.46. The van der Waals surface area contributed by atoms with Gasteiger partial charge in [-0.25, -0.2) is 0 Å². The van der Waals surface area contributed by atoms with Crippen molar-refractivity contribution in [2.24, 2.45) is 7.05 Å². The maximum Gasteiger partial charge on any atom is 0.272 e. The van der Waals surface area contributed by atoms with E-state index in [9.17, 15) is 10.1 Å². The van der Waals surface area contributed by atoms with Gasteiger partial charge in [0.15, 0.2) is 4.77 Å². The lowest BCUT2D eigenvalue weighted by atomic mass is 10.0. The summed E-state index contributed by atoms with van der Waals surface area (Å²) in [5, 5.41) is 9.59. The molecular weight excluding hydrogens is 318 g/mol. The Bertz CT molecular complexity index is 1060. The summed E-state index contributed by atoms with van der Waals surface area (Å²) in [6.07, 6.45) is 0. The van der Waals surface area contributed by atoms with Gasteiger partial charge < -0.3 is 0 Å². The fourth-order valence-electron chi connectivity index (χ4n) is 2.62. The second kappa shape index (κ2) is 6.26. The van der Waals surface area contributed by atoms with Crippen molar-refractivity contribution in [2.75, 3.05) is 0 Å². The van der Waals surface area contributed by atoms with Crippen LogP contribution in [-0.4, -0.2) is 9.13 Å². The number of nitriles is 1. The van der Waals surface area contributed by atoms with E-state index >= 15 is 0 Å². The standard InChI is InChI=1S/C19H15N3OS/c1-13-8-10-14(11-9-13)17-16(12-20)18(23)21(2)19(24)22(17)15-6-4-3-5-7-15/h3-11H,1-2H3. The smallest absolute Gasteiger partial charge is 0.272 e. The Morgan fingerprint density at radius 3 is 2.25 bits per heavy atom. The van der Waals surface area contributed by atoms with Gasteiger partial charge in [-0.3, -0.25) is 13.9 Å². The fraction of sp³-hybridized carbons (Fsp3) is 0.105. The highest BCUT2D eigenvalue weighted by atomic mass is 32.1. The molecule has 0 fully saturated rings. The third-order valence-electron chi connectivity index (χ3n) is 3.91.